The molecular formula is C9H16N4O2S. The van der Waals surface area contributed by atoms with Gasteiger partial charge in [-0.1, -0.05) is 6.92 Å². The van der Waals surface area contributed by atoms with Crippen LogP contribution >= 0.6 is 0 Å². The molecule has 1 saturated heterocycles. The van der Waals surface area contributed by atoms with Crippen molar-refractivity contribution in [3.8, 4) is 0 Å². The normalized spacial score (nSPS) is 20.7. The van der Waals surface area contributed by atoms with Gasteiger partial charge in [0.05, 0.1) is 6.20 Å². The second-order valence-corrected chi connectivity index (χ2v) is 6.17. The zero-order valence-electron chi connectivity index (χ0n) is 9.42. The lowest BCUT2D eigenvalue weighted by atomic mass is 9.91. The van der Waals surface area contributed by atoms with Gasteiger partial charge in [-0.25, -0.2) is 8.42 Å². The van der Waals surface area contributed by atoms with Gasteiger partial charge in [-0.15, -0.1) is 0 Å². The first-order valence-electron chi connectivity index (χ1n) is 5.16. The molecule has 6 nitrogen and oxygen atoms in total. The molecule has 1 aromatic rings. The van der Waals surface area contributed by atoms with Gasteiger partial charge in [-0.05, 0) is 12.5 Å². The Balaban J connectivity index is 2.21. The second kappa shape index (κ2) is 3.54. The van der Waals surface area contributed by atoms with Crippen molar-refractivity contribution in [1.29, 1.82) is 0 Å². The zero-order valence-corrected chi connectivity index (χ0v) is 10.2. The topological polar surface area (TPSA) is 81.2 Å². The molecule has 0 unspecified atom stereocenters. The highest BCUT2D eigenvalue weighted by molar-refractivity contribution is 7.89. The molecule has 1 aliphatic heterocycles. The summed E-state index contributed by atoms with van der Waals surface area (Å²) in [6, 6.07) is 1.50. The zero-order chi connectivity index (χ0) is 12.0. The van der Waals surface area contributed by atoms with Crippen molar-refractivity contribution in [1.82, 2.24) is 14.1 Å². The predicted octanol–water partition coefficient (Wildman–Crippen LogP) is -0.468. The minimum Gasteiger partial charge on any atom is -0.323 e. The smallest absolute Gasteiger partial charge is 0.260 e. The van der Waals surface area contributed by atoms with Crippen LogP contribution in [0.15, 0.2) is 17.3 Å². The van der Waals surface area contributed by atoms with E-state index in [1.54, 1.807) is 7.05 Å². The molecule has 0 radical (unpaired) electrons. The maximum Gasteiger partial charge on any atom is 0.260 e. The summed E-state index contributed by atoms with van der Waals surface area (Å²) >= 11 is 0. The summed E-state index contributed by atoms with van der Waals surface area (Å²) in [5, 5.41) is 4.07. The average Bonchev–Trinajstić information content (AvgIpc) is 2.60. The molecule has 0 amide bonds. The summed E-state index contributed by atoms with van der Waals surface area (Å²) in [7, 11) is -1.80. The molecule has 1 fully saturated rings. The Morgan fingerprint density at radius 3 is 2.62 bits per heavy atom. The summed E-state index contributed by atoms with van der Waals surface area (Å²) in [5.74, 6) is 0. The first-order chi connectivity index (χ1) is 7.39. The van der Waals surface area contributed by atoms with E-state index in [1.165, 1.54) is 21.3 Å². The maximum atomic E-state index is 12.1. The molecule has 0 aliphatic carbocycles. The maximum absolute atomic E-state index is 12.1. The quantitative estimate of drug-likeness (QED) is 0.779. The summed E-state index contributed by atoms with van der Waals surface area (Å²) in [6.45, 7) is 2.74. The lowest BCUT2D eigenvalue weighted by Gasteiger charge is -2.45. The Hall–Kier alpha value is -0.920. The van der Waals surface area contributed by atoms with Crippen LogP contribution in [0, 0.1) is 0 Å². The van der Waals surface area contributed by atoms with Crippen LogP contribution in [0.3, 0.4) is 0 Å². The number of nitrogens with zero attached hydrogens (tertiary/aromatic N) is 3. The number of hydrogen-bond donors (Lipinski definition) is 1. The number of sulfonamides is 1. The van der Waals surface area contributed by atoms with Crippen molar-refractivity contribution in [2.75, 3.05) is 13.1 Å². The summed E-state index contributed by atoms with van der Waals surface area (Å²) in [4.78, 5) is 0. The van der Waals surface area contributed by atoms with Crippen LogP contribution in [0.2, 0.25) is 0 Å². The molecule has 2 rings (SSSR count). The first kappa shape index (κ1) is 11.6. The van der Waals surface area contributed by atoms with Gasteiger partial charge in [0.15, 0.2) is 5.03 Å². The molecule has 16 heavy (non-hydrogen) atoms. The van der Waals surface area contributed by atoms with Gasteiger partial charge in [0.2, 0.25) is 0 Å². The van der Waals surface area contributed by atoms with Gasteiger partial charge in [0.1, 0.15) is 0 Å². The molecule has 2 N–H and O–H groups in total. The summed E-state index contributed by atoms with van der Waals surface area (Å²) in [6.07, 6.45) is 2.26. The van der Waals surface area contributed by atoms with Gasteiger partial charge in [0, 0.05) is 25.7 Å². The van der Waals surface area contributed by atoms with E-state index < -0.39 is 10.0 Å². The van der Waals surface area contributed by atoms with Gasteiger partial charge >= 0.3 is 0 Å². The summed E-state index contributed by atoms with van der Waals surface area (Å²) < 4.78 is 27.0. The third-order valence-electron chi connectivity index (χ3n) is 3.07. The van der Waals surface area contributed by atoms with E-state index in [4.69, 9.17) is 5.73 Å². The molecule has 7 heteroatoms. The third-order valence-corrected chi connectivity index (χ3v) is 4.93. The van der Waals surface area contributed by atoms with E-state index in [0.717, 1.165) is 6.42 Å². The van der Waals surface area contributed by atoms with Crippen molar-refractivity contribution in [2.45, 2.75) is 23.9 Å². The highest BCUT2D eigenvalue weighted by Gasteiger charge is 2.45. The number of hydrogen-bond acceptors (Lipinski definition) is 4. The molecule has 0 bridgehead atoms. The molecule has 0 atom stereocenters. The fourth-order valence-corrected chi connectivity index (χ4v) is 3.53. The van der Waals surface area contributed by atoms with Crippen molar-refractivity contribution in [3.63, 3.8) is 0 Å². The second-order valence-electron chi connectivity index (χ2n) is 4.28. The first-order valence-corrected chi connectivity index (χ1v) is 6.60. The van der Waals surface area contributed by atoms with E-state index in [9.17, 15) is 8.42 Å². The Bertz CT molecular complexity index is 487. The molecule has 0 spiro atoms. The highest BCUT2D eigenvalue weighted by atomic mass is 32.2. The molecular weight excluding hydrogens is 228 g/mol. The molecule has 1 aromatic heterocycles. The minimum absolute atomic E-state index is 0.214. The Morgan fingerprint density at radius 2 is 2.19 bits per heavy atom. The average molecular weight is 244 g/mol. The fraction of sp³-hybridized carbons (Fsp3) is 0.667. The number of rotatable bonds is 3. The Labute approximate surface area is 95.1 Å². The van der Waals surface area contributed by atoms with Crippen LogP contribution in [0.1, 0.15) is 13.3 Å². The van der Waals surface area contributed by atoms with Crippen LogP contribution < -0.4 is 5.73 Å². The molecule has 2 heterocycles. The van der Waals surface area contributed by atoms with Crippen LogP contribution in [-0.2, 0) is 17.1 Å². The van der Waals surface area contributed by atoms with Crippen LogP contribution in [-0.4, -0.2) is 41.1 Å². The fourth-order valence-electron chi connectivity index (χ4n) is 1.80. The van der Waals surface area contributed by atoms with Crippen LogP contribution in [0.4, 0.5) is 0 Å². The molecule has 0 aromatic carbocycles. The van der Waals surface area contributed by atoms with E-state index in [2.05, 4.69) is 5.10 Å². The van der Waals surface area contributed by atoms with Crippen molar-refractivity contribution in [3.05, 3.63) is 12.3 Å². The Kier molecular flexibility index (Phi) is 2.56. The molecule has 90 valence electrons. The van der Waals surface area contributed by atoms with Gasteiger partial charge in [-0.2, -0.15) is 9.40 Å². The van der Waals surface area contributed by atoms with Crippen molar-refractivity contribution < 1.29 is 8.42 Å². The largest absolute Gasteiger partial charge is 0.323 e. The highest BCUT2D eigenvalue weighted by Crippen LogP contribution is 2.27. The minimum atomic E-state index is -3.42. The molecule has 1 aliphatic rings. The van der Waals surface area contributed by atoms with Crippen LogP contribution in [0.25, 0.3) is 0 Å². The van der Waals surface area contributed by atoms with Gasteiger partial charge in [0.25, 0.3) is 10.0 Å². The van der Waals surface area contributed by atoms with E-state index in [1.807, 2.05) is 6.92 Å². The van der Waals surface area contributed by atoms with Crippen LogP contribution in [0.5, 0.6) is 0 Å². The van der Waals surface area contributed by atoms with Gasteiger partial charge in [-0.3, -0.25) is 4.68 Å². The predicted molar refractivity (Wildman–Crippen MR) is 59.2 cm³/mol. The number of nitrogens with two attached hydrogens (primary N) is 1. The van der Waals surface area contributed by atoms with E-state index >= 15 is 0 Å². The SMILES string of the molecule is CCC1(N)CN(S(=O)(=O)c2ccnn2C)C1. The monoisotopic (exact) mass is 244 g/mol. The van der Waals surface area contributed by atoms with Gasteiger partial charge < -0.3 is 5.73 Å². The third kappa shape index (κ3) is 1.64. The molecule has 0 saturated carbocycles. The van der Waals surface area contributed by atoms with Crippen molar-refractivity contribution >= 4 is 10.0 Å². The lowest BCUT2D eigenvalue weighted by molar-refractivity contribution is 0.152. The van der Waals surface area contributed by atoms with Crippen molar-refractivity contribution in [2.24, 2.45) is 12.8 Å². The Morgan fingerprint density at radius 1 is 1.56 bits per heavy atom. The lowest BCUT2D eigenvalue weighted by Crippen LogP contribution is -2.68. The standard InChI is InChI=1S/C9H16N4O2S/c1-3-9(10)6-13(7-9)16(14,15)8-4-5-11-12(8)2/h4-5H,3,6-7,10H2,1-2H3. The number of aromatic nitrogens is 2. The van der Waals surface area contributed by atoms with E-state index in [-0.39, 0.29) is 10.6 Å². The number of aryl methyl sites for hydroxylation is 1. The summed E-state index contributed by atoms with van der Waals surface area (Å²) in [5.41, 5.74) is 5.60. The van der Waals surface area contributed by atoms with E-state index in [0.29, 0.717) is 13.1 Å².